The van der Waals surface area contributed by atoms with E-state index in [1.54, 1.807) is 24.1 Å². The molecule has 1 aromatic rings. The number of carbonyl (C=O) groups excluding carboxylic acids is 1. The van der Waals surface area contributed by atoms with Crippen molar-refractivity contribution in [3.05, 3.63) is 33.8 Å². The van der Waals surface area contributed by atoms with Crippen molar-refractivity contribution in [3.8, 4) is 0 Å². The van der Waals surface area contributed by atoms with Gasteiger partial charge in [0.1, 0.15) is 6.04 Å². The summed E-state index contributed by atoms with van der Waals surface area (Å²) in [6, 6.07) is 4.23. The van der Waals surface area contributed by atoms with Crippen LogP contribution < -0.4 is 16.8 Å². The number of nitrogens with zero attached hydrogens (tertiary/aromatic N) is 2. The summed E-state index contributed by atoms with van der Waals surface area (Å²) in [5.74, 6) is -1.54. The summed E-state index contributed by atoms with van der Waals surface area (Å²) in [6.07, 6.45) is 0.669. The minimum absolute atomic E-state index is 0.0396. The number of aliphatic imine (C=N–C) groups is 1. The number of carboxylic acids is 1. The monoisotopic (exact) mass is 403 g/mol. The maximum absolute atomic E-state index is 12.1. The Labute approximate surface area is 162 Å². The Kier molecular flexibility index (Phi) is 9.18. The van der Waals surface area contributed by atoms with Gasteiger partial charge in [0.15, 0.2) is 5.96 Å². The summed E-state index contributed by atoms with van der Waals surface area (Å²) >= 11 is 11.8. The van der Waals surface area contributed by atoms with Gasteiger partial charge >= 0.3 is 5.97 Å². The van der Waals surface area contributed by atoms with E-state index in [1.165, 1.54) is 0 Å². The highest BCUT2D eigenvalue weighted by Crippen LogP contribution is 2.23. The average molecular weight is 404 g/mol. The van der Waals surface area contributed by atoms with Gasteiger partial charge in [0.05, 0.1) is 16.6 Å². The van der Waals surface area contributed by atoms with Crippen LogP contribution in [-0.2, 0) is 16.1 Å². The van der Waals surface area contributed by atoms with Crippen LogP contribution >= 0.6 is 23.2 Å². The van der Waals surface area contributed by atoms with Crippen molar-refractivity contribution < 1.29 is 14.7 Å². The van der Waals surface area contributed by atoms with E-state index in [4.69, 9.17) is 34.7 Å². The van der Waals surface area contributed by atoms with Crippen LogP contribution in [0.15, 0.2) is 23.2 Å². The molecule has 6 N–H and O–H groups in total. The Morgan fingerprint density at radius 3 is 2.58 bits per heavy atom. The molecule has 0 aromatic heterocycles. The second-order valence-corrected chi connectivity index (χ2v) is 6.64. The van der Waals surface area contributed by atoms with Crippen molar-refractivity contribution in [1.82, 2.24) is 10.2 Å². The van der Waals surface area contributed by atoms with Crippen LogP contribution in [0.4, 0.5) is 0 Å². The molecule has 0 radical (unpaired) electrons. The number of aliphatic carboxylic acids is 1. The quantitative estimate of drug-likeness (QED) is 0.262. The van der Waals surface area contributed by atoms with Gasteiger partial charge in [-0.3, -0.25) is 14.7 Å². The minimum atomic E-state index is -1.10. The van der Waals surface area contributed by atoms with Gasteiger partial charge in [-0.25, -0.2) is 4.79 Å². The third kappa shape index (κ3) is 8.37. The predicted octanol–water partition coefficient (Wildman–Crippen LogP) is 1.05. The highest BCUT2D eigenvalue weighted by molar-refractivity contribution is 6.42. The molecule has 0 saturated carbocycles. The Balaban J connectivity index is 2.49. The number of hydrogen-bond donors (Lipinski definition) is 4. The van der Waals surface area contributed by atoms with E-state index >= 15 is 0 Å². The van der Waals surface area contributed by atoms with Crippen LogP contribution in [0.25, 0.3) is 0 Å². The first kappa shape index (κ1) is 22.0. The largest absolute Gasteiger partial charge is 0.480 e. The van der Waals surface area contributed by atoms with Gasteiger partial charge in [0, 0.05) is 13.1 Å². The van der Waals surface area contributed by atoms with Crippen LogP contribution in [0.1, 0.15) is 18.4 Å². The molecule has 144 valence electrons. The van der Waals surface area contributed by atoms with Gasteiger partial charge in [-0.05, 0) is 37.6 Å². The molecule has 26 heavy (non-hydrogen) atoms. The maximum atomic E-state index is 12.1. The molecule has 1 atom stereocenters. The number of likely N-dealkylation sites (N-methyl/N-ethyl adjacent to an activating group) is 1. The Morgan fingerprint density at radius 1 is 1.31 bits per heavy atom. The zero-order chi connectivity index (χ0) is 19.7. The molecule has 1 unspecified atom stereocenters. The fourth-order valence-electron chi connectivity index (χ4n) is 2.25. The number of carboxylic acid groups (broad SMARTS) is 1. The molecule has 0 saturated heterocycles. The van der Waals surface area contributed by atoms with Crippen molar-refractivity contribution >= 4 is 41.0 Å². The van der Waals surface area contributed by atoms with Gasteiger partial charge in [-0.15, -0.1) is 0 Å². The lowest BCUT2D eigenvalue weighted by Crippen LogP contribution is -2.44. The highest BCUT2D eigenvalue weighted by Gasteiger charge is 2.20. The number of guanidine groups is 1. The molecule has 8 nitrogen and oxygen atoms in total. The number of nitrogens with two attached hydrogens (primary N) is 2. The number of rotatable bonds is 10. The molecule has 0 spiro atoms. The third-order valence-corrected chi connectivity index (χ3v) is 4.17. The fraction of sp³-hybridized carbons (Fsp3) is 0.438. The van der Waals surface area contributed by atoms with Crippen molar-refractivity contribution in [2.45, 2.75) is 25.4 Å². The first-order chi connectivity index (χ1) is 12.2. The van der Waals surface area contributed by atoms with Gasteiger partial charge in [0.2, 0.25) is 5.91 Å². The smallest absolute Gasteiger partial charge is 0.326 e. The molecule has 0 fully saturated rings. The fourth-order valence-corrected chi connectivity index (χ4v) is 2.57. The molecule has 0 heterocycles. The summed E-state index contributed by atoms with van der Waals surface area (Å²) < 4.78 is 0. The Hall–Kier alpha value is -2.03. The van der Waals surface area contributed by atoms with E-state index in [-0.39, 0.29) is 24.8 Å². The number of benzene rings is 1. The number of hydrogen-bond acceptors (Lipinski definition) is 4. The van der Waals surface area contributed by atoms with Gasteiger partial charge in [-0.2, -0.15) is 0 Å². The van der Waals surface area contributed by atoms with E-state index in [0.29, 0.717) is 29.6 Å². The summed E-state index contributed by atoms with van der Waals surface area (Å²) in [5.41, 5.74) is 11.3. The Morgan fingerprint density at radius 2 is 2.00 bits per heavy atom. The van der Waals surface area contributed by atoms with Crippen LogP contribution in [-0.4, -0.2) is 54.0 Å². The Bertz CT molecular complexity index is 665. The lowest BCUT2D eigenvalue weighted by molar-refractivity contribution is -0.142. The molecule has 1 aromatic carbocycles. The summed E-state index contributed by atoms with van der Waals surface area (Å²) in [7, 11) is 1.75. The van der Waals surface area contributed by atoms with E-state index in [2.05, 4.69) is 10.3 Å². The molecule has 1 amide bonds. The summed E-state index contributed by atoms with van der Waals surface area (Å²) in [6.45, 7) is 0.809. The molecular formula is C16H23Cl2N5O3. The van der Waals surface area contributed by atoms with E-state index < -0.39 is 12.0 Å². The van der Waals surface area contributed by atoms with Crippen molar-refractivity contribution in [3.63, 3.8) is 0 Å². The van der Waals surface area contributed by atoms with E-state index in [1.807, 2.05) is 6.07 Å². The standard InChI is InChI=1S/C16H23Cl2N5O3/c1-23(8-10-4-5-11(17)12(18)7-10)9-14(24)22-13(15(25)26)3-2-6-21-16(19)20/h4-5,7,13H,2-3,6,8-9H2,1H3,(H,22,24)(H,25,26)(H4,19,20,21). The van der Waals surface area contributed by atoms with E-state index in [9.17, 15) is 14.7 Å². The molecular weight excluding hydrogens is 381 g/mol. The summed E-state index contributed by atoms with van der Waals surface area (Å²) in [4.78, 5) is 28.9. The second kappa shape index (κ2) is 10.8. The van der Waals surface area contributed by atoms with Crippen molar-refractivity contribution in [2.75, 3.05) is 20.1 Å². The van der Waals surface area contributed by atoms with Gasteiger partial charge < -0.3 is 21.9 Å². The normalized spacial score (nSPS) is 11.8. The first-order valence-corrected chi connectivity index (χ1v) is 8.64. The van der Waals surface area contributed by atoms with Crippen LogP contribution in [0.3, 0.4) is 0 Å². The molecule has 0 bridgehead atoms. The molecule has 0 aliphatic rings. The van der Waals surface area contributed by atoms with Gasteiger partial charge in [0.25, 0.3) is 0 Å². The number of halogens is 2. The topological polar surface area (TPSA) is 134 Å². The average Bonchev–Trinajstić information content (AvgIpc) is 2.53. The molecule has 0 aliphatic carbocycles. The molecule has 1 rings (SSSR count). The number of amides is 1. The van der Waals surface area contributed by atoms with Crippen molar-refractivity contribution in [1.29, 1.82) is 0 Å². The second-order valence-electron chi connectivity index (χ2n) is 5.83. The number of carbonyl (C=O) groups is 2. The lowest BCUT2D eigenvalue weighted by Gasteiger charge is -2.19. The van der Waals surface area contributed by atoms with Gasteiger partial charge in [-0.1, -0.05) is 29.3 Å². The maximum Gasteiger partial charge on any atom is 0.326 e. The first-order valence-electron chi connectivity index (χ1n) is 7.89. The van der Waals surface area contributed by atoms with Crippen LogP contribution in [0.5, 0.6) is 0 Å². The lowest BCUT2D eigenvalue weighted by atomic mass is 10.1. The van der Waals surface area contributed by atoms with Crippen molar-refractivity contribution in [2.24, 2.45) is 16.5 Å². The highest BCUT2D eigenvalue weighted by atomic mass is 35.5. The summed E-state index contributed by atoms with van der Waals surface area (Å²) in [5, 5.41) is 12.6. The predicted molar refractivity (Wildman–Crippen MR) is 102 cm³/mol. The van der Waals surface area contributed by atoms with Crippen LogP contribution in [0.2, 0.25) is 10.0 Å². The number of nitrogens with one attached hydrogen (secondary N) is 1. The molecule has 0 aliphatic heterocycles. The zero-order valence-electron chi connectivity index (χ0n) is 14.4. The van der Waals surface area contributed by atoms with E-state index in [0.717, 1.165) is 5.56 Å². The molecule has 10 heteroatoms. The zero-order valence-corrected chi connectivity index (χ0v) is 15.9. The minimum Gasteiger partial charge on any atom is -0.480 e. The SMILES string of the molecule is CN(CC(=O)NC(CCCN=C(N)N)C(=O)O)Cc1ccc(Cl)c(Cl)c1. The third-order valence-electron chi connectivity index (χ3n) is 3.43. The van der Waals surface area contributed by atoms with Crippen LogP contribution in [0, 0.1) is 0 Å².